The fraction of sp³-hybridized carbons (Fsp3) is 0.286. The summed E-state index contributed by atoms with van der Waals surface area (Å²) < 4.78 is 11.3. The van der Waals surface area contributed by atoms with Gasteiger partial charge in [0, 0.05) is 18.9 Å². The van der Waals surface area contributed by atoms with Crippen molar-refractivity contribution >= 4 is 29.3 Å². The second kappa shape index (κ2) is 9.32. The molecule has 1 N–H and O–H groups in total. The van der Waals surface area contributed by atoms with Gasteiger partial charge in [0.1, 0.15) is 5.70 Å². The van der Waals surface area contributed by atoms with Crippen LogP contribution < -0.4 is 14.8 Å². The number of nitrogens with one attached hydrogen (secondary N) is 1. The summed E-state index contributed by atoms with van der Waals surface area (Å²) in [6.45, 7) is 5.50. The minimum atomic E-state index is -0.127. The van der Waals surface area contributed by atoms with Crippen LogP contribution in [0, 0.1) is 0 Å². The Morgan fingerprint density at radius 2 is 1.82 bits per heavy atom. The number of hydrogen-bond donors (Lipinski definition) is 1. The van der Waals surface area contributed by atoms with Crippen LogP contribution in [-0.4, -0.2) is 40.7 Å². The Morgan fingerprint density at radius 3 is 2.54 bits per heavy atom. The number of nitrogens with zero attached hydrogens (tertiary/aromatic N) is 2. The van der Waals surface area contributed by atoms with Crippen LogP contribution in [0.1, 0.15) is 25.0 Å². The van der Waals surface area contributed by atoms with E-state index < -0.39 is 0 Å². The van der Waals surface area contributed by atoms with Crippen LogP contribution in [0.4, 0.5) is 0 Å². The van der Waals surface area contributed by atoms with E-state index in [9.17, 15) is 4.79 Å². The molecule has 0 unspecified atom stereocenters. The molecule has 6 nitrogen and oxygen atoms in total. The van der Waals surface area contributed by atoms with E-state index in [2.05, 4.69) is 10.3 Å². The molecule has 1 aliphatic rings. The molecule has 1 aromatic heterocycles. The second-order valence-corrected chi connectivity index (χ2v) is 6.51. The molecule has 0 spiro atoms. The smallest absolute Gasteiger partial charge is 0.276 e. The van der Waals surface area contributed by atoms with Crippen molar-refractivity contribution in [3.63, 3.8) is 0 Å². The highest BCUT2D eigenvalue weighted by Crippen LogP contribution is 2.29. The first-order chi connectivity index (χ1) is 13.6. The van der Waals surface area contributed by atoms with Crippen LogP contribution in [0.5, 0.6) is 11.5 Å². The van der Waals surface area contributed by atoms with E-state index in [4.69, 9.17) is 21.7 Å². The number of carbonyl (C=O) groups is 1. The average Bonchev–Trinajstić information content (AvgIpc) is 2.96. The summed E-state index contributed by atoms with van der Waals surface area (Å²) in [5.74, 6) is 1.32. The number of amides is 1. The van der Waals surface area contributed by atoms with Gasteiger partial charge in [0.2, 0.25) is 0 Å². The highest BCUT2D eigenvalue weighted by molar-refractivity contribution is 7.80. The number of carbonyl (C=O) groups excluding carboxylic acids is 1. The Hall–Kier alpha value is -2.93. The number of pyridine rings is 1. The molecule has 0 radical (unpaired) electrons. The van der Waals surface area contributed by atoms with Crippen LogP contribution in [0.25, 0.3) is 6.08 Å². The third-order valence-corrected chi connectivity index (χ3v) is 4.53. The van der Waals surface area contributed by atoms with Crippen molar-refractivity contribution in [1.82, 2.24) is 15.2 Å². The first-order valence-electron chi connectivity index (χ1n) is 9.25. The molecule has 0 aliphatic carbocycles. The molecule has 2 heterocycles. The van der Waals surface area contributed by atoms with Gasteiger partial charge in [-0.05, 0) is 74.0 Å². The molecule has 1 aromatic carbocycles. The number of thiocarbonyl (C=S) groups is 1. The highest BCUT2D eigenvalue weighted by atomic mass is 32.1. The Balaban J connectivity index is 1.69. The maximum atomic E-state index is 12.7. The maximum absolute atomic E-state index is 12.7. The summed E-state index contributed by atoms with van der Waals surface area (Å²) >= 11 is 5.35. The first kappa shape index (κ1) is 19.8. The van der Waals surface area contributed by atoms with E-state index in [0.717, 1.165) is 16.9 Å². The quantitative estimate of drug-likeness (QED) is 0.545. The van der Waals surface area contributed by atoms with E-state index >= 15 is 0 Å². The molecule has 0 atom stereocenters. The minimum absolute atomic E-state index is 0.127. The second-order valence-electron chi connectivity index (χ2n) is 6.12. The Labute approximate surface area is 170 Å². The molecule has 7 heteroatoms. The summed E-state index contributed by atoms with van der Waals surface area (Å²) in [5, 5.41) is 3.42. The zero-order chi connectivity index (χ0) is 19.9. The van der Waals surface area contributed by atoms with Crippen molar-refractivity contribution in [3.8, 4) is 11.5 Å². The summed E-state index contributed by atoms with van der Waals surface area (Å²) in [7, 11) is 0. The third kappa shape index (κ3) is 4.67. The van der Waals surface area contributed by atoms with Gasteiger partial charge >= 0.3 is 0 Å². The van der Waals surface area contributed by atoms with Gasteiger partial charge < -0.3 is 14.8 Å². The van der Waals surface area contributed by atoms with Gasteiger partial charge in [0.05, 0.1) is 13.2 Å². The molecule has 0 saturated carbocycles. The Bertz CT molecular complexity index is 884. The zero-order valence-electron chi connectivity index (χ0n) is 16.0. The van der Waals surface area contributed by atoms with Gasteiger partial charge in [-0.3, -0.25) is 14.7 Å². The lowest BCUT2D eigenvalue weighted by Gasteiger charge is -2.15. The fourth-order valence-corrected chi connectivity index (χ4v) is 3.18. The molecule has 2 aromatic rings. The van der Waals surface area contributed by atoms with E-state index in [1.807, 2.05) is 44.2 Å². The monoisotopic (exact) mass is 397 g/mol. The van der Waals surface area contributed by atoms with Gasteiger partial charge in [-0.2, -0.15) is 0 Å². The number of aromatic nitrogens is 1. The standard InChI is InChI=1S/C21H23N3O3S/c1-3-26-18-6-5-15(14-19(18)27-4-2)9-12-24-20(25)17(23-21(24)28)13-16-7-10-22-11-8-16/h5-8,10-11,13-14H,3-4,9,12H2,1-2H3,(H,23,28)/b17-13+. The molecule has 1 saturated heterocycles. The normalized spacial score (nSPS) is 15.1. The van der Waals surface area contributed by atoms with Gasteiger partial charge in [-0.15, -0.1) is 0 Å². The maximum Gasteiger partial charge on any atom is 0.276 e. The molecule has 28 heavy (non-hydrogen) atoms. The molecular formula is C21H23N3O3S. The Kier molecular flexibility index (Phi) is 6.60. The topological polar surface area (TPSA) is 63.7 Å². The van der Waals surface area contributed by atoms with Crippen molar-refractivity contribution in [2.75, 3.05) is 19.8 Å². The van der Waals surface area contributed by atoms with Crippen LogP contribution in [-0.2, 0) is 11.2 Å². The predicted molar refractivity (Wildman–Crippen MR) is 112 cm³/mol. The van der Waals surface area contributed by atoms with Crippen molar-refractivity contribution in [2.24, 2.45) is 0 Å². The lowest BCUT2D eigenvalue weighted by molar-refractivity contribution is -0.122. The number of ether oxygens (including phenoxy) is 2. The molecule has 146 valence electrons. The van der Waals surface area contributed by atoms with Crippen molar-refractivity contribution in [1.29, 1.82) is 0 Å². The number of benzene rings is 1. The lowest BCUT2D eigenvalue weighted by atomic mass is 10.1. The average molecular weight is 398 g/mol. The zero-order valence-corrected chi connectivity index (χ0v) is 16.8. The van der Waals surface area contributed by atoms with E-state index in [-0.39, 0.29) is 5.91 Å². The van der Waals surface area contributed by atoms with E-state index in [1.54, 1.807) is 23.4 Å². The molecule has 1 amide bonds. The third-order valence-electron chi connectivity index (χ3n) is 4.21. The highest BCUT2D eigenvalue weighted by Gasteiger charge is 2.30. The summed E-state index contributed by atoms with van der Waals surface area (Å²) in [4.78, 5) is 18.3. The summed E-state index contributed by atoms with van der Waals surface area (Å²) in [5.41, 5.74) is 2.41. The van der Waals surface area contributed by atoms with Gasteiger partial charge in [-0.1, -0.05) is 6.07 Å². The van der Waals surface area contributed by atoms with Crippen molar-refractivity contribution < 1.29 is 14.3 Å². The first-order valence-corrected chi connectivity index (χ1v) is 9.66. The number of hydrogen-bond acceptors (Lipinski definition) is 5. The van der Waals surface area contributed by atoms with E-state index in [0.29, 0.717) is 42.7 Å². The summed E-state index contributed by atoms with van der Waals surface area (Å²) in [6, 6.07) is 9.52. The number of rotatable bonds is 8. The molecular weight excluding hydrogens is 374 g/mol. The molecule has 3 rings (SSSR count). The van der Waals surface area contributed by atoms with Crippen molar-refractivity contribution in [2.45, 2.75) is 20.3 Å². The van der Waals surface area contributed by atoms with Gasteiger partial charge in [0.25, 0.3) is 5.91 Å². The van der Waals surface area contributed by atoms with Crippen molar-refractivity contribution in [3.05, 3.63) is 59.5 Å². The van der Waals surface area contributed by atoms with Crippen LogP contribution in [0.2, 0.25) is 0 Å². The summed E-state index contributed by atoms with van der Waals surface area (Å²) in [6.07, 6.45) is 5.80. The molecule has 0 bridgehead atoms. The molecule has 1 aliphatic heterocycles. The van der Waals surface area contributed by atoms with E-state index in [1.165, 1.54) is 0 Å². The largest absolute Gasteiger partial charge is 0.490 e. The van der Waals surface area contributed by atoms with Crippen LogP contribution in [0.15, 0.2) is 48.4 Å². The fourth-order valence-electron chi connectivity index (χ4n) is 2.89. The van der Waals surface area contributed by atoms with Gasteiger partial charge in [-0.25, -0.2) is 0 Å². The SMILES string of the molecule is CCOc1ccc(CCN2C(=O)/C(=C\c3ccncc3)NC2=S)cc1OCC. The lowest BCUT2D eigenvalue weighted by Crippen LogP contribution is -2.32. The van der Waals surface area contributed by atoms with Crippen LogP contribution in [0.3, 0.4) is 0 Å². The van der Waals surface area contributed by atoms with Crippen LogP contribution >= 0.6 is 12.2 Å². The minimum Gasteiger partial charge on any atom is -0.490 e. The molecule has 1 fully saturated rings. The predicted octanol–water partition coefficient (Wildman–Crippen LogP) is 3.18. The van der Waals surface area contributed by atoms with Gasteiger partial charge in [0.15, 0.2) is 16.6 Å². The Morgan fingerprint density at radius 1 is 1.11 bits per heavy atom.